The highest BCUT2D eigenvalue weighted by Crippen LogP contribution is 2.33. The molecular weight excluding hydrogens is 573 g/mol. The second kappa shape index (κ2) is 14.1. The average molecular weight is 616 g/mol. The number of carbonyl (C=O) groups is 3. The van der Waals surface area contributed by atoms with E-state index >= 15 is 0 Å². The maximum atomic E-state index is 13.6. The van der Waals surface area contributed by atoms with E-state index in [-0.39, 0.29) is 48.7 Å². The lowest BCUT2D eigenvalue weighted by atomic mass is 10.0. The van der Waals surface area contributed by atoms with Crippen molar-refractivity contribution in [2.45, 2.75) is 63.4 Å². The van der Waals surface area contributed by atoms with Crippen LogP contribution in [0.15, 0.2) is 42.5 Å². The summed E-state index contributed by atoms with van der Waals surface area (Å²) in [5, 5.41) is 8.93. The molecule has 0 aromatic heterocycles. The van der Waals surface area contributed by atoms with Crippen molar-refractivity contribution in [2.24, 2.45) is 5.92 Å². The maximum Gasteiger partial charge on any atom is 0.251 e. The lowest BCUT2D eigenvalue weighted by Gasteiger charge is -2.26. The Labute approximate surface area is 264 Å². The number of amides is 3. The van der Waals surface area contributed by atoms with Gasteiger partial charge >= 0.3 is 0 Å². The van der Waals surface area contributed by atoms with Crippen LogP contribution in [0.5, 0.6) is 0 Å². The normalized spacial score (nSPS) is 25.0. The van der Waals surface area contributed by atoms with Gasteiger partial charge in [-0.15, -0.1) is 0 Å². The number of hydrogen-bond acceptors (Lipinski definition) is 6. The SMILES string of the molecule is Cc1cc(C#Cc2ccc(CN3CCOCC3)cc2)ccc1C(=O)NC[C@H]1C[C@@H](NC(=O)[C@@H]2C[C@H](F)CN2)CN1C(=O)C1CC1. The van der Waals surface area contributed by atoms with Crippen molar-refractivity contribution in [2.75, 3.05) is 45.9 Å². The van der Waals surface area contributed by atoms with Crippen molar-refractivity contribution in [3.63, 3.8) is 0 Å². The van der Waals surface area contributed by atoms with E-state index < -0.39 is 12.2 Å². The number of rotatable bonds is 8. The van der Waals surface area contributed by atoms with Gasteiger partial charge in [-0.05, 0) is 67.6 Å². The monoisotopic (exact) mass is 615 g/mol. The molecule has 2 aromatic carbocycles. The Morgan fingerprint density at radius 1 is 1.02 bits per heavy atom. The predicted octanol–water partition coefficient (Wildman–Crippen LogP) is 2.15. The summed E-state index contributed by atoms with van der Waals surface area (Å²) in [6.07, 6.45) is 1.44. The van der Waals surface area contributed by atoms with Gasteiger partial charge in [-0.25, -0.2) is 4.39 Å². The molecule has 3 N–H and O–H groups in total. The van der Waals surface area contributed by atoms with Crippen molar-refractivity contribution < 1.29 is 23.5 Å². The second-order valence-corrected chi connectivity index (χ2v) is 12.7. The molecule has 3 amide bonds. The summed E-state index contributed by atoms with van der Waals surface area (Å²) in [4.78, 5) is 43.1. The second-order valence-electron chi connectivity index (χ2n) is 12.7. The molecule has 45 heavy (non-hydrogen) atoms. The van der Waals surface area contributed by atoms with Crippen LogP contribution in [-0.4, -0.2) is 97.8 Å². The molecule has 3 aliphatic heterocycles. The Bertz CT molecular complexity index is 1460. The van der Waals surface area contributed by atoms with Crippen molar-refractivity contribution in [3.8, 4) is 11.8 Å². The molecule has 238 valence electrons. The number of alkyl halides is 1. The van der Waals surface area contributed by atoms with Gasteiger partial charge in [0, 0.05) is 74.3 Å². The fourth-order valence-electron chi connectivity index (χ4n) is 6.40. The number of hydrogen-bond donors (Lipinski definition) is 3. The molecule has 0 bridgehead atoms. The minimum absolute atomic E-state index is 0.0328. The van der Waals surface area contributed by atoms with Gasteiger partial charge in [0.15, 0.2) is 0 Å². The Kier molecular flexibility index (Phi) is 9.79. The Morgan fingerprint density at radius 3 is 2.44 bits per heavy atom. The van der Waals surface area contributed by atoms with Crippen LogP contribution in [-0.2, 0) is 20.9 Å². The fourth-order valence-corrected chi connectivity index (χ4v) is 6.40. The minimum Gasteiger partial charge on any atom is -0.379 e. The number of likely N-dealkylation sites (tertiary alicyclic amines) is 1. The van der Waals surface area contributed by atoms with E-state index in [0.29, 0.717) is 25.1 Å². The van der Waals surface area contributed by atoms with Crippen molar-refractivity contribution in [1.29, 1.82) is 0 Å². The first-order valence-corrected chi connectivity index (χ1v) is 16.1. The standard InChI is InChI=1S/C35H42FN5O4/c1-23-16-25(5-2-24-3-6-26(7-4-24)21-40-12-14-45-15-13-40)8-11-31(23)33(42)38-20-30-18-29(22-41(30)35(44)27-9-10-27)39-34(43)32-17-28(36)19-37-32/h3-4,6-8,11,16,27-30,32,37H,9-10,12-15,17-22H2,1H3,(H,38,42)(H,39,43)/t28-,29+,30+,32-/m0/s1. The van der Waals surface area contributed by atoms with Crippen molar-refractivity contribution in [3.05, 3.63) is 70.3 Å². The van der Waals surface area contributed by atoms with Gasteiger partial charge in [-0.3, -0.25) is 19.3 Å². The smallest absolute Gasteiger partial charge is 0.251 e. The summed E-state index contributed by atoms with van der Waals surface area (Å²) in [5.41, 5.74) is 4.39. The maximum absolute atomic E-state index is 13.6. The highest BCUT2D eigenvalue weighted by Gasteiger charge is 2.42. The first-order chi connectivity index (χ1) is 21.8. The number of halogens is 1. The third kappa shape index (κ3) is 8.09. The summed E-state index contributed by atoms with van der Waals surface area (Å²) >= 11 is 0. The first-order valence-electron chi connectivity index (χ1n) is 16.1. The molecule has 2 aromatic rings. The van der Waals surface area contributed by atoms with E-state index in [9.17, 15) is 18.8 Å². The van der Waals surface area contributed by atoms with Crippen molar-refractivity contribution >= 4 is 17.7 Å². The number of ether oxygens (including phenoxy) is 1. The highest BCUT2D eigenvalue weighted by molar-refractivity contribution is 5.95. The van der Waals surface area contributed by atoms with Crippen LogP contribution in [0, 0.1) is 24.7 Å². The van der Waals surface area contributed by atoms with Gasteiger partial charge in [0.2, 0.25) is 11.8 Å². The molecule has 0 spiro atoms. The minimum atomic E-state index is -1.02. The number of nitrogens with zero attached hydrogens (tertiary/aromatic N) is 2. The highest BCUT2D eigenvalue weighted by atomic mass is 19.1. The summed E-state index contributed by atoms with van der Waals surface area (Å²) < 4.78 is 19.0. The Hall–Kier alpha value is -3.78. The molecule has 9 nitrogen and oxygen atoms in total. The quantitative estimate of drug-likeness (QED) is 0.394. The van der Waals surface area contributed by atoms with Crippen LogP contribution < -0.4 is 16.0 Å². The molecule has 1 aliphatic carbocycles. The van der Waals surface area contributed by atoms with Crippen LogP contribution in [0.4, 0.5) is 4.39 Å². The molecular formula is C35H42FN5O4. The molecule has 0 unspecified atom stereocenters. The molecule has 3 heterocycles. The number of nitrogens with one attached hydrogen (secondary N) is 3. The Balaban J connectivity index is 1.03. The summed E-state index contributed by atoms with van der Waals surface area (Å²) in [7, 11) is 0. The average Bonchev–Trinajstić information content (AvgIpc) is 3.68. The fraction of sp³-hybridized carbons (Fsp3) is 0.514. The molecule has 6 rings (SSSR count). The molecule has 3 saturated heterocycles. The molecule has 4 fully saturated rings. The third-order valence-corrected chi connectivity index (χ3v) is 9.15. The van der Waals surface area contributed by atoms with E-state index in [0.717, 1.165) is 62.4 Å². The molecule has 0 radical (unpaired) electrons. The van der Waals surface area contributed by atoms with Crippen molar-refractivity contribution in [1.82, 2.24) is 25.8 Å². The number of carbonyl (C=O) groups excluding carboxylic acids is 3. The third-order valence-electron chi connectivity index (χ3n) is 9.15. The van der Waals surface area contributed by atoms with Crippen LogP contribution in [0.1, 0.15) is 58.3 Å². The van der Waals surface area contributed by atoms with E-state index in [4.69, 9.17) is 4.74 Å². The largest absolute Gasteiger partial charge is 0.379 e. The molecule has 1 saturated carbocycles. The summed E-state index contributed by atoms with van der Waals surface area (Å²) in [6, 6.07) is 12.9. The van der Waals surface area contributed by atoms with E-state index in [1.54, 1.807) is 6.07 Å². The predicted molar refractivity (Wildman–Crippen MR) is 168 cm³/mol. The number of aryl methyl sites for hydroxylation is 1. The topological polar surface area (TPSA) is 103 Å². The summed E-state index contributed by atoms with van der Waals surface area (Å²) in [5.74, 6) is 6.11. The van der Waals surface area contributed by atoms with Gasteiger partial charge < -0.3 is 25.6 Å². The summed E-state index contributed by atoms with van der Waals surface area (Å²) in [6.45, 7) is 7.16. The van der Waals surface area contributed by atoms with E-state index in [2.05, 4.69) is 44.8 Å². The van der Waals surface area contributed by atoms with E-state index in [1.165, 1.54) is 5.56 Å². The first kappa shape index (κ1) is 31.2. The zero-order chi connectivity index (χ0) is 31.3. The van der Waals surface area contributed by atoms with E-state index in [1.807, 2.05) is 36.1 Å². The van der Waals surface area contributed by atoms with Gasteiger partial charge in [0.1, 0.15) is 6.17 Å². The molecule has 10 heteroatoms. The molecule has 4 aliphatic rings. The van der Waals surface area contributed by atoms with Gasteiger partial charge in [-0.2, -0.15) is 0 Å². The number of morpholine rings is 1. The zero-order valence-corrected chi connectivity index (χ0v) is 25.8. The Morgan fingerprint density at radius 2 is 1.76 bits per heavy atom. The van der Waals surface area contributed by atoms with Crippen LogP contribution >= 0.6 is 0 Å². The molecule has 4 atom stereocenters. The lowest BCUT2D eigenvalue weighted by Crippen LogP contribution is -2.46. The number of benzene rings is 2. The zero-order valence-electron chi connectivity index (χ0n) is 25.8. The van der Waals surface area contributed by atoms with Gasteiger partial charge in [0.05, 0.1) is 25.3 Å². The van der Waals surface area contributed by atoms with Crippen LogP contribution in [0.25, 0.3) is 0 Å². The van der Waals surface area contributed by atoms with Gasteiger partial charge in [0.25, 0.3) is 5.91 Å². The van der Waals surface area contributed by atoms with Crippen LogP contribution in [0.3, 0.4) is 0 Å². The van der Waals surface area contributed by atoms with Crippen LogP contribution in [0.2, 0.25) is 0 Å². The lowest BCUT2D eigenvalue weighted by molar-refractivity contribution is -0.133. The van der Waals surface area contributed by atoms with Gasteiger partial charge in [-0.1, -0.05) is 24.0 Å².